The third-order valence-corrected chi connectivity index (χ3v) is 5.91. The van der Waals surface area contributed by atoms with Crippen LogP contribution in [-0.4, -0.2) is 48.3 Å². The molecule has 4 nitrogen and oxygen atoms in total. The van der Waals surface area contributed by atoms with Gasteiger partial charge in [-0.05, 0) is 44.3 Å². The molecule has 0 radical (unpaired) electrons. The second-order valence-corrected chi connectivity index (χ2v) is 7.50. The number of β-amino-alcohol motifs (C(OH)–C–C–N with tert-alkyl or cyclic N) is 1. The number of carbonyl (C=O) groups is 1. The van der Waals surface area contributed by atoms with Crippen LogP contribution in [0.5, 0.6) is 0 Å². The van der Waals surface area contributed by atoms with Gasteiger partial charge in [-0.2, -0.15) is 0 Å². The summed E-state index contributed by atoms with van der Waals surface area (Å²) in [5, 5.41) is 10.8. The van der Waals surface area contributed by atoms with Crippen LogP contribution in [-0.2, 0) is 14.9 Å². The van der Waals surface area contributed by atoms with Crippen LogP contribution in [0.15, 0.2) is 30.3 Å². The van der Waals surface area contributed by atoms with Crippen molar-refractivity contribution < 1.29 is 14.6 Å². The van der Waals surface area contributed by atoms with Gasteiger partial charge < -0.3 is 14.7 Å². The van der Waals surface area contributed by atoms with E-state index in [0.29, 0.717) is 0 Å². The first kappa shape index (κ1) is 17.4. The van der Waals surface area contributed by atoms with Gasteiger partial charge in [0.25, 0.3) is 0 Å². The Morgan fingerprint density at radius 1 is 1.08 bits per heavy atom. The van der Waals surface area contributed by atoms with E-state index in [1.807, 2.05) is 30.3 Å². The van der Waals surface area contributed by atoms with Crippen molar-refractivity contribution in [3.63, 3.8) is 0 Å². The number of carbonyl (C=O) groups excluding carboxylic acids is 1. The van der Waals surface area contributed by atoms with Crippen LogP contribution >= 0.6 is 0 Å². The highest BCUT2D eigenvalue weighted by atomic mass is 16.5. The topological polar surface area (TPSA) is 49.8 Å². The molecule has 0 spiro atoms. The largest absolute Gasteiger partial charge is 0.468 e. The number of esters is 1. The lowest BCUT2D eigenvalue weighted by molar-refractivity contribution is -0.150. The van der Waals surface area contributed by atoms with E-state index in [2.05, 4.69) is 4.90 Å². The Morgan fingerprint density at radius 2 is 1.71 bits per heavy atom. The molecule has 24 heavy (non-hydrogen) atoms. The number of piperidine rings is 1. The monoisotopic (exact) mass is 331 g/mol. The first-order chi connectivity index (χ1) is 11.6. The summed E-state index contributed by atoms with van der Waals surface area (Å²) in [6.07, 6.45) is 6.80. The Kier molecular flexibility index (Phi) is 5.26. The van der Waals surface area contributed by atoms with Crippen molar-refractivity contribution >= 4 is 5.97 Å². The first-order valence-corrected chi connectivity index (χ1v) is 9.17. The van der Waals surface area contributed by atoms with Crippen LogP contribution in [0.25, 0.3) is 0 Å². The van der Waals surface area contributed by atoms with Gasteiger partial charge in [-0.25, -0.2) is 0 Å². The molecule has 1 aliphatic carbocycles. The maximum Gasteiger partial charge on any atom is 0.316 e. The second-order valence-electron chi connectivity index (χ2n) is 7.50. The van der Waals surface area contributed by atoms with E-state index in [1.54, 1.807) is 0 Å². The average molecular weight is 331 g/mol. The lowest BCUT2D eigenvalue weighted by Gasteiger charge is -2.43. The SMILES string of the molecule is COC(=O)C1(c2ccccc2)CCN(CC2(O)CCCCC2)CC1. The van der Waals surface area contributed by atoms with Crippen molar-refractivity contribution in [2.24, 2.45) is 0 Å². The molecule has 4 heteroatoms. The Bertz CT molecular complexity index is 543. The second kappa shape index (κ2) is 7.24. The fourth-order valence-corrected chi connectivity index (χ4v) is 4.44. The Balaban J connectivity index is 1.70. The van der Waals surface area contributed by atoms with Gasteiger partial charge in [0.1, 0.15) is 0 Å². The van der Waals surface area contributed by atoms with Gasteiger partial charge in [-0.3, -0.25) is 4.79 Å². The lowest BCUT2D eigenvalue weighted by Crippen LogP contribution is -2.52. The van der Waals surface area contributed by atoms with Crippen LogP contribution in [0.3, 0.4) is 0 Å². The highest BCUT2D eigenvalue weighted by molar-refractivity contribution is 5.83. The number of hydrogen-bond acceptors (Lipinski definition) is 4. The number of nitrogens with zero attached hydrogens (tertiary/aromatic N) is 1. The summed E-state index contributed by atoms with van der Waals surface area (Å²) < 4.78 is 5.15. The fraction of sp³-hybridized carbons (Fsp3) is 0.650. The molecule has 0 aromatic heterocycles. The van der Waals surface area contributed by atoms with Crippen LogP contribution in [0.1, 0.15) is 50.5 Å². The van der Waals surface area contributed by atoms with Crippen molar-refractivity contribution in [2.75, 3.05) is 26.7 Å². The zero-order valence-electron chi connectivity index (χ0n) is 14.7. The van der Waals surface area contributed by atoms with E-state index in [-0.39, 0.29) is 5.97 Å². The minimum atomic E-state index is -0.540. The van der Waals surface area contributed by atoms with E-state index in [4.69, 9.17) is 4.74 Å². The molecule has 2 fully saturated rings. The molecule has 0 amide bonds. The predicted molar refractivity (Wildman–Crippen MR) is 93.8 cm³/mol. The minimum absolute atomic E-state index is 0.135. The maximum atomic E-state index is 12.6. The van der Waals surface area contributed by atoms with Gasteiger partial charge in [-0.1, -0.05) is 49.6 Å². The van der Waals surface area contributed by atoms with Gasteiger partial charge in [0.05, 0.1) is 18.1 Å². The summed E-state index contributed by atoms with van der Waals surface area (Å²) in [5.74, 6) is -0.135. The van der Waals surface area contributed by atoms with Crippen LogP contribution in [0, 0.1) is 0 Å². The Morgan fingerprint density at radius 3 is 2.29 bits per heavy atom. The molecule has 1 N–H and O–H groups in total. The first-order valence-electron chi connectivity index (χ1n) is 9.17. The lowest BCUT2D eigenvalue weighted by atomic mass is 9.72. The Labute approximate surface area is 144 Å². The summed E-state index contributed by atoms with van der Waals surface area (Å²) in [6, 6.07) is 10.00. The zero-order chi connectivity index (χ0) is 17.0. The minimum Gasteiger partial charge on any atom is -0.468 e. The standard InChI is InChI=1S/C20H29NO3/c1-24-18(22)20(17-8-4-2-5-9-17)12-14-21(15-13-20)16-19(23)10-6-3-7-11-19/h2,4-5,8-9,23H,3,6-7,10-16H2,1H3. The van der Waals surface area contributed by atoms with Crippen molar-refractivity contribution in [1.29, 1.82) is 0 Å². The molecule has 1 saturated heterocycles. The summed E-state index contributed by atoms with van der Waals surface area (Å²) in [5.41, 5.74) is -0.0225. The quantitative estimate of drug-likeness (QED) is 0.862. The highest BCUT2D eigenvalue weighted by Crippen LogP contribution is 2.38. The van der Waals surface area contributed by atoms with Crippen molar-refractivity contribution in [2.45, 2.75) is 56.0 Å². The van der Waals surface area contributed by atoms with Gasteiger partial charge >= 0.3 is 5.97 Å². The fourth-order valence-electron chi connectivity index (χ4n) is 4.44. The molecule has 1 saturated carbocycles. The number of aliphatic hydroxyl groups is 1. The summed E-state index contributed by atoms with van der Waals surface area (Å²) in [4.78, 5) is 14.9. The molecule has 2 aliphatic rings. The molecular weight excluding hydrogens is 302 g/mol. The molecule has 1 aromatic carbocycles. The number of benzene rings is 1. The van der Waals surface area contributed by atoms with Gasteiger partial charge in [0.2, 0.25) is 0 Å². The van der Waals surface area contributed by atoms with E-state index < -0.39 is 11.0 Å². The van der Waals surface area contributed by atoms with Crippen molar-refractivity contribution in [1.82, 2.24) is 4.90 Å². The molecule has 1 aromatic rings. The molecule has 3 rings (SSSR count). The third kappa shape index (κ3) is 3.50. The van der Waals surface area contributed by atoms with Crippen LogP contribution < -0.4 is 0 Å². The average Bonchev–Trinajstić information content (AvgIpc) is 2.63. The van der Waals surface area contributed by atoms with Crippen molar-refractivity contribution in [3.8, 4) is 0 Å². The number of likely N-dealkylation sites (tertiary alicyclic amines) is 1. The van der Waals surface area contributed by atoms with Crippen LogP contribution in [0.4, 0.5) is 0 Å². The number of hydrogen-bond donors (Lipinski definition) is 1. The Hall–Kier alpha value is -1.39. The van der Waals surface area contributed by atoms with Gasteiger partial charge in [0.15, 0.2) is 0 Å². The van der Waals surface area contributed by atoms with Crippen LogP contribution in [0.2, 0.25) is 0 Å². The summed E-state index contributed by atoms with van der Waals surface area (Å²) >= 11 is 0. The highest BCUT2D eigenvalue weighted by Gasteiger charge is 2.45. The number of rotatable bonds is 4. The van der Waals surface area contributed by atoms with Gasteiger partial charge in [-0.15, -0.1) is 0 Å². The normalized spacial score (nSPS) is 23.6. The molecule has 0 atom stereocenters. The predicted octanol–water partition coefficient (Wildman–Crippen LogP) is 2.89. The zero-order valence-corrected chi connectivity index (χ0v) is 14.7. The summed E-state index contributed by atoms with van der Waals surface area (Å²) in [6.45, 7) is 2.39. The molecule has 132 valence electrons. The van der Waals surface area contributed by atoms with Gasteiger partial charge in [0, 0.05) is 6.54 Å². The molecular formula is C20H29NO3. The smallest absolute Gasteiger partial charge is 0.316 e. The van der Waals surface area contributed by atoms with Crippen molar-refractivity contribution in [3.05, 3.63) is 35.9 Å². The molecule has 0 unspecified atom stereocenters. The van der Waals surface area contributed by atoms with E-state index >= 15 is 0 Å². The molecule has 1 aliphatic heterocycles. The third-order valence-electron chi connectivity index (χ3n) is 5.91. The maximum absolute atomic E-state index is 12.6. The number of ether oxygens (including phenoxy) is 1. The molecule has 0 bridgehead atoms. The van der Waals surface area contributed by atoms with E-state index in [9.17, 15) is 9.90 Å². The van der Waals surface area contributed by atoms with E-state index in [1.165, 1.54) is 13.5 Å². The van der Waals surface area contributed by atoms with E-state index in [0.717, 1.165) is 63.7 Å². The molecule has 1 heterocycles. The summed E-state index contributed by atoms with van der Waals surface area (Å²) in [7, 11) is 1.48. The number of methoxy groups -OCH3 is 1.